The third-order valence-corrected chi connectivity index (χ3v) is 11.5. The molecule has 0 radical (unpaired) electrons. The number of benzene rings is 9. The van der Waals surface area contributed by atoms with Gasteiger partial charge in [-0.15, -0.1) is 0 Å². The van der Waals surface area contributed by atoms with Crippen LogP contribution in [0.4, 0.5) is 0 Å². The van der Waals surface area contributed by atoms with Gasteiger partial charge in [0.05, 0.1) is 27.8 Å². The van der Waals surface area contributed by atoms with E-state index in [0.717, 1.165) is 33.2 Å². The Morgan fingerprint density at radius 1 is 0.291 bits per heavy atom. The van der Waals surface area contributed by atoms with Crippen molar-refractivity contribution in [2.75, 3.05) is 0 Å². The standard InChI is InChI=1S/C52H32N2O/c1-2-12-36(13-3-1)53-46-19-9-7-17-41(46)45-30-33(24-28-49(45)53)34-22-25-42-40-16-6-10-20-47(40)54(50(42)31-34)48-29-27-37(38-14-4-5-15-39(38)48)35-23-26-44-43-18-8-11-21-51(43)55-52(44)32-35/h1-32H. The van der Waals surface area contributed by atoms with Gasteiger partial charge in [-0.05, 0) is 94.4 Å². The maximum absolute atomic E-state index is 6.31. The van der Waals surface area contributed by atoms with Crippen molar-refractivity contribution < 1.29 is 4.42 Å². The number of nitrogens with zero attached hydrogens (tertiary/aromatic N) is 2. The molecular formula is C52H32N2O. The van der Waals surface area contributed by atoms with E-state index in [0.29, 0.717) is 0 Å². The average molecular weight is 701 g/mol. The zero-order chi connectivity index (χ0) is 36.0. The maximum Gasteiger partial charge on any atom is 0.136 e. The number of hydrogen-bond donors (Lipinski definition) is 0. The monoisotopic (exact) mass is 700 g/mol. The van der Waals surface area contributed by atoms with Gasteiger partial charge >= 0.3 is 0 Å². The minimum absolute atomic E-state index is 0.907. The molecule has 0 saturated heterocycles. The van der Waals surface area contributed by atoms with Gasteiger partial charge in [-0.3, -0.25) is 0 Å². The normalized spacial score (nSPS) is 12.0. The predicted octanol–water partition coefficient (Wildman–Crippen LogP) is 14.3. The zero-order valence-electron chi connectivity index (χ0n) is 29.8. The van der Waals surface area contributed by atoms with Crippen molar-refractivity contribution in [3.63, 3.8) is 0 Å². The van der Waals surface area contributed by atoms with Crippen molar-refractivity contribution in [2.24, 2.45) is 0 Å². The molecule has 0 atom stereocenters. The summed E-state index contributed by atoms with van der Waals surface area (Å²) in [4.78, 5) is 0. The summed E-state index contributed by atoms with van der Waals surface area (Å²) in [6, 6.07) is 70.3. The van der Waals surface area contributed by atoms with E-state index in [1.807, 2.05) is 12.1 Å². The minimum Gasteiger partial charge on any atom is -0.456 e. The molecular weight excluding hydrogens is 669 g/mol. The molecule has 3 heteroatoms. The first-order chi connectivity index (χ1) is 27.3. The van der Waals surface area contributed by atoms with Crippen LogP contribution in [0.2, 0.25) is 0 Å². The van der Waals surface area contributed by atoms with Crippen molar-refractivity contribution in [3.05, 3.63) is 194 Å². The summed E-state index contributed by atoms with van der Waals surface area (Å²) in [6.45, 7) is 0. The molecule has 0 aliphatic heterocycles. The topological polar surface area (TPSA) is 23.0 Å². The molecule has 256 valence electrons. The molecule has 0 fully saturated rings. The van der Waals surface area contributed by atoms with Gasteiger partial charge in [0.1, 0.15) is 11.2 Å². The molecule has 0 amide bonds. The number of aromatic nitrogens is 2. The number of fused-ring (bicyclic) bond motifs is 10. The first kappa shape index (κ1) is 30.1. The predicted molar refractivity (Wildman–Crippen MR) is 231 cm³/mol. The van der Waals surface area contributed by atoms with Gasteiger partial charge in [0.15, 0.2) is 0 Å². The van der Waals surface area contributed by atoms with Crippen LogP contribution in [0.3, 0.4) is 0 Å². The summed E-state index contributed by atoms with van der Waals surface area (Å²) in [7, 11) is 0. The lowest BCUT2D eigenvalue weighted by Gasteiger charge is -2.15. The van der Waals surface area contributed by atoms with Crippen LogP contribution in [-0.4, -0.2) is 9.13 Å². The zero-order valence-corrected chi connectivity index (χ0v) is 29.8. The van der Waals surface area contributed by atoms with Gasteiger partial charge in [-0.25, -0.2) is 0 Å². The van der Waals surface area contributed by atoms with Crippen LogP contribution in [0.5, 0.6) is 0 Å². The molecule has 0 unspecified atom stereocenters. The summed E-state index contributed by atoms with van der Waals surface area (Å²) >= 11 is 0. The molecule has 3 nitrogen and oxygen atoms in total. The summed E-state index contributed by atoms with van der Waals surface area (Å²) < 4.78 is 11.1. The lowest BCUT2D eigenvalue weighted by molar-refractivity contribution is 0.669. The molecule has 0 aliphatic rings. The number of furan rings is 1. The largest absolute Gasteiger partial charge is 0.456 e. The van der Waals surface area contributed by atoms with Crippen molar-refractivity contribution in [1.82, 2.24) is 9.13 Å². The summed E-state index contributed by atoms with van der Waals surface area (Å²) in [5, 5.41) is 9.69. The SMILES string of the molecule is c1ccc(-n2c3ccccc3c3cc(-c4ccc5c6ccccc6n(-c6ccc(-c7ccc8c(c7)oc7ccccc78)c7ccccc67)c5c4)ccc32)cc1. The van der Waals surface area contributed by atoms with Crippen LogP contribution >= 0.6 is 0 Å². The molecule has 3 aromatic heterocycles. The Kier molecular flexibility index (Phi) is 6.34. The Labute approximate surface area is 316 Å². The molecule has 3 heterocycles. The fourth-order valence-corrected chi connectivity index (χ4v) is 9.04. The Morgan fingerprint density at radius 3 is 1.69 bits per heavy atom. The summed E-state index contributed by atoms with van der Waals surface area (Å²) in [5.74, 6) is 0. The molecule has 0 spiro atoms. The van der Waals surface area contributed by atoms with E-state index in [9.17, 15) is 0 Å². The van der Waals surface area contributed by atoms with Crippen LogP contribution in [0.15, 0.2) is 199 Å². The number of para-hydroxylation sites is 4. The van der Waals surface area contributed by atoms with Gasteiger partial charge in [-0.2, -0.15) is 0 Å². The van der Waals surface area contributed by atoms with E-state index in [-0.39, 0.29) is 0 Å². The maximum atomic E-state index is 6.31. The van der Waals surface area contributed by atoms with Gasteiger partial charge in [0.2, 0.25) is 0 Å². The van der Waals surface area contributed by atoms with E-state index in [2.05, 4.69) is 191 Å². The second kappa shape index (κ2) is 11.6. The van der Waals surface area contributed by atoms with Crippen LogP contribution in [0.25, 0.3) is 110 Å². The Balaban J connectivity index is 1.05. The second-order valence-electron chi connectivity index (χ2n) is 14.5. The Bertz CT molecular complexity index is 3490. The van der Waals surface area contributed by atoms with E-state index in [1.54, 1.807) is 0 Å². The second-order valence-corrected chi connectivity index (χ2v) is 14.5. The smallest absolute Gasteiger partial charge is 0.136 e. The van der Waals surface area contributed by atoms with Crippen molar-refractivity contribution in [3.8, 4) is 33.6 Å². The van der Waals surface area contributed by atoms with Crippen molar-refractivity contribution in [2.45, 2.75) is 0 Å². The number of rotatable bonds is 4. The van der Waals surface area contributed by atoms with Crippen LogP contribution in [0, 0.1) is 0 Å². The minimum atomic E-state index is 0.907. The van der Waals surface area contributed by atoms with E-state index >= 15 is 0 Å². The summed E-state index contributed by atoms with van der Waals surface area (Å²) in [6.07, 6.45) is 0. The first-order valence-corrected chi connectivity index (χ1v) is 18.8. The molecule has 9 aromatic carbocycles. The lowest BCUT2D eigenvalue weighted by atomic mass is 9.96. The molecule has 0 aliphatic carbocycles. The van der Waals surface area contributed by atoms with Gasteiger partial charge in [0.25, 0.3) is 0 Å². The Morgan fingerprint density at radius 2 is 0.855 bits per heavy atom. The highest BCUT2D eigenvalue weighted by atomic mass is 16.3. The highest BCUT2D eigenvalue weighted by molar-refractivity contribution is 6.14. The number of hydrogen-bond acceptors (Lipinski definition) is 1. The molecule has 12 aromatic rings. The molecule has 0 N–H and O–H groups in total. The highest BCUT2D eigenvalue weighted by Gasteiger charge is 2.18. The average Bonchev–Trinajstić information content (AvgIpc) is 3.90. The lowest BCUT2D eigenvalue weighted by Crippen LogP contribution is -1.96. The molecule has 55 heavy (non-hydrogen) atoms. The van der Waals surface area contributed by atoms with Crippen LogP contribution in [0.1, 0.15) is 0 Å². The quantitative estimate of drug-likeness (QED) is 0.179. The van der Waals surface area contributed by atoms with E-state index in [4.69, 9.17) is 4.42 Å². The van der Waals surface area contributed by atoms with Crippen molar-refractivity contribution in [1.29, 1.82) is 0 Å². The van der Waals surface area contributed by atoms with Gasteiger partial charge < -0.3 is 13.6 Å². The van der Waals surface area contributed by atoms with Crippen LogP contribution in [-0.2, 0) is 0 Å². The Hall–Kier alpha value is -7.36. The molecule has 0 bridgehead atoms. The first-order valence-electron chi connectivity index (χ1n) is 18.8. The van der Waals surface area contributed by atoms with E-state index in [1.165, 1.54) is 76.8 Å². The molecule has 0 saturated carbocycles. The third-order valence-electron chi connectivity index (χ3n) is 11.5. The van der Waals surface area contributed by atoms with Gasteiger partial charge in [-0.1, -0.05) is 127 Å². The van der Waals surface area contributed by atoms with E-state index < -0.39 is 0 Å². The fraction of sp³-hybridized carbons (Fsp3) is 0. The highest BCUT2D eigenvalue weighted by Crippen LogP contribution is 2.41. The fourth-order valence-electron chi connectivity index (χ4n) is 9.04. The van der Waals surface area contributed by atoms with Crippen molar-refractivity contribution >= 4 is 76.3 Å². The summed E-state index contributed by atoms with van der Waals surface area (Å²) in [5.41, 5.74) is 13.7. The van der Waals surface area contributed by atoms with Gasteiger partial charge in [0, 0.05) is 43.4 Å². The third kappa shape index (κ3) is 4.44. The molecule has 12 rings (SSSR count). The van der Waals surface area contributed by atoms with Crippen LogP contribution < -0.4 is 0 Å².